The minimum atomic E-state index is -2.36. The van der Waals surface area contributed by atoms with Gasteiger partial charge < -0.3 is 24.8 Å². The molecule has 0 radical (unpaired) electrons. The molecule has 0 unspecified atom stereocenters. The van der Waals surface area contributed by atoms with Crippen LogP contribution in [0.15, 0.2) is 42.6 Å². The molecule has 6 aliphatic rings. The Hall–Kier alpha value is -2.99. The summed E-state index contributed by atoms with van der Waals surface area (Å²) in [6.45, 7) is 7.99. The third-order valence-electron chi connectivity index (χ3n) is 10.9. The van der Waals surface area contributed by atoms with Crippen molar-refractivity contribution in [2.75, 3.05) is 6.61 Å². The van der Waals surface area contributed by atoms with Crippen LogP contribution in [0.4, 0.5) is 4.39 Å². The molecule has 1 aromatic carbocycles. The number of esters is 1. The number of hydrogen-bond donors (Lipinski definition) is 3. The van der Waals surface area contributed by atoms with E-state index in [1.165, 1.54) is 24.4 Å². The fourth-order valence-electron chi connectivity index (χ4n) is 9.33. The highest BCUT2D eigenvalue weighted by molar-refractivity contribution is 6.05. The van der Waals surface area contributed by atoms with Crippen LogP contribution in [0.1, 0.15) is 50.0 Å². The van der Waals surface area contributed by atoms with Crippen molar-refractivity contribution in [2.24, 2.45) is 34.0 Å². The van der Waals surface area contributed by atoms with Crippen LogP contribution < -0.4 is 0 Å². The Labute approximate surface area is 229 Å². The molecule has 2 aliphatic heterocycles. The summed E-state index contributed by atoms with van der Waals surface area (Å²) in [4.78, 5) is 27.7. The van der Waals surface area contributed by atoms with Crippen LogP contribution in [-0.2, 0) is 14.3 Å². The first kappa shape index (κ1) is 25.9. The summed E-state index contributed by atoms with van der Waals surface area (Å²) in [5.74, 6) is -6.14. The Morgan fingerprint density at radius 2 is 1.98 bits per heavy atom. The molecule has 6 fully saturated rings. The molecular weight excluding hydrogens is 521 g/mol. The van der Waals surface area contributed by atoms with Gasteiger partial charge in [-0.3, -0.25) is 4.79 Å². The van der Waals surface area contributed by atoms with E-state index in [1.807, 2.05) is 13.8 Å². The Balaban J connectivity index is 1.32. The second-order valence-corrected chi connectivity index (χ2v) is 12.8. The maximum absolute atomic E-state index is 14.3. The molecule has 10 nitrogen and oxygen atoms in total. The summed E-state index contributed by atoms with van der Waals surface area (Å²) in [5, 5.41) is 43.3. The van der Waals surface area contributed by atoms with Gasteiger partial charge in [0.2, 0.25) is 5.79 Å². The van der Waals surface area contributed by atoms with Crippen LogP contribution in [-0.4, -0.2) is 72.8 Å². The summed E-state index contributed by atoms with van der Waals surface area (Å²) >= 11 is 0. The van der Waals surface area contributed by atoms with Crippen LogP contribution >= 0.6 is 0 Å². The van der Waals surface area contributed by atoms with Crippen LogP contribution in [0.25, 0.3) is 5.69 Å². The van der Waals surface area contributed by atoms with E-state index in [2.05, 4.69) is 16.9 Å². The molecule has 9 atom stereocenters. The van der Waals surface area contributed by atoms with Crippen LogP contribution in [0.5, 0.6) is 0 Å². The number of ether oxygens (including phenoxy) is 2. The number of carbonyl (C=O) groups is 2. The monoisotopic (exact) mass is 553 g/mol. The van der Waals surface area contributed by atoms with Gasteiger partial charge in [0, 0.05) is 17.3 Å². The fraction of sp³-hybridized carbons (Fsp3) is 0.586. The number of aliphatic hydroxyl groups is 3. The van der Waals surface area contributed by atoms with E-state index >= 15 is 0 Å². The number of rotatable bonds is 3. The number of para-hydroxylation sites is 1. The maximum Gasteiger partial charge on any atom is 0.360 e. The lowest BCUT2D eigenvalue weighted by molar-refractivity contribution is -0.457. The fourth-order valence-corrected chi connectivity index (χ4v) is 9.33. The summed E-state index contributed by atoms with van der Waals surface area (Å²) in [7, 11) is 0. The zero-order valence-corrected chi connectivity index (χ0v) is 22.3. The number of aliphatic hydroxyl groups excluding tert-OH is 2. The second-order valence-electron chi connectivity index (χ2n) is 12.8. The van der Waals surface area contributed by atoms with Crippen molar-refractivity contribution in [3.05, 3.63) is 54.1 Å². The lowest BCUT2D eigenvalue weighted by Gasteiger charge is -2.74. The number of Topliss-reactive ketones (excluding diaryl/α,β-unsaturated/α-hetero) is 1. The Kier molecular flexibility index (Phi) is 5.23. The zero-order chi connectivity index (χ0) is 28.4. The quantitative estimate of drug-likeness (QED) is 0.384. The predicted molar refractivity (Wildman–Crippen MR) is 135 cm³/mol. The third kappa shape index (κ3) is 2.81. The summed E-state index contributed by atoms with van der Waals surface area (Å²) < 4.78 is 27.4. The van der Waals surface area contributed by atoms with Gasteiger partial charge in [0.05, 0.1) is 18.9 Å². The number of fused-ring (bicyclic) bond motifs is 2. The van der Waals surface area contributed by atoms with Gasteiger partial charge in [-0.1, -0.05) is 37.8 Å². The lowest BCUT2D eigenvalue weighted by Crippen LogP contribution is -2.85. The normalized spacial score (nSPS) is 42.9. The highest BCUT2D eigenvalue weighted by Crippen LogP contribution is 2.76. The molecule has 4 saturated carbocycles. The van der Waals surface area contributed by atoms with Gasteiger partial charge in [-0.15, -0.1) is 5.10 Å². The highest BCUT2D eigenvalue weighted by atomic mass is 19.1. The maximum atomic E-state index is 14.3. The van der Waals surface area contributed by atoms with E-state index in [0.29, 0.717) is 25.7 Å². The molecule has 8 rings (SSSR count). The molecule has 11 heteroatoms. The molecule has 0 amide bonds. The second kappa shape index (κ2) is 8.06. The van der Waals surface area contributed by atoms with Crippen molar-refractivity contribution < 1.29 is 38.8 Å². The SMILES string of the molecule is C=C1C(=O)[C@]23[C@H](OC(=O)c4cn(-c5ccccc5F)nn4)[C@H]1CC[C@H]2[C@@]12CO[C@]3(O)[C@@H](O)[C@@H]1C(C)(C)CC[C@@H]2O. The average Bonchev–Trinajstić information content (AvgIpc) is 3.45. The first-order valence-electron chi connectivity index (χ1n) is 13.8. The largest absolute Gasteiger partial charge is 0.456 e. The number of benzene rings is 1. The number of hydrogen-bond acceptors (Lipinski definition) is 9. The van der Waals surface area contributed by atoms with Crippen molar-refractivity contribution in [2.45, 2.75) is 63.6 Å². The van der Waals surface area contributed by atoms with Crippen LogP contribution in [0, 0.1) is 39.8 Å². The van der Waals surface area contributed by atoms with Crippen molar-refractivity contribution in [1.29, 1.82) is 0 Å². The van der Waals surface area contributed by atoms with E-state index in [4.69, 9.17) is 9.47 Å². The van der Waals surface area contributed by atoms with Gasteiger partial charge >= 0.3 is 5.97 Å². The number of carbonyl (C=O) groups excluding carboxylic acids is 2. The lowest BCUT2D eigenvalue weighted by atomic mass is 9.35. The third-order valence-corrected chi connectivity index (χ3v) is 10.9. The van der Waals surface area contributed by atoms with Gasteiger partial charge in [-0.05, 0) is 54.7 Å². The summed E-state index contributed by atoms with van der Waals surface area (Å²) in [6.07, 6.45) is -0.389. The first-order chi connectivity index (χ1) is 18.9. The van der Waals surface area contributed by atoms with Crippen molar-refractivity contribution in [1.82, 2.24) is 15.0 Å². The van der Waals surface area contributed by atoms with E-state index in [9.17, 15) is 29.3 Å². The Bertz CT molecular complexity index is 1460. The Morgan fingerprint density at radius 3 is 2.73 bits per heavy atom. The molecular formula is C29H32FN3O7. The molecule has 2 spiro atoms. The molecule has 40 heavy (non-hydrogen) atoms. The smallest absolute Gasteiger partial charge is 0.360 e. The zero-order valence-electron chi connectivity index (χ0n) is 22.3. The van der Waals surface area contributed by atoms with Gasteiger partial charge in [-0.25, -0.2) is 13.9 Å². The highest BCUT2D eigenvalue weighted by Gasteiger charge is 2.87. The van der Waals surface area contributed by atoms with Gasteiger partial charge in [-0.2, -0.15) is 0 Å². The van der Waals surface area contributed by atoms with Crippen LogP contribution in [0.3, 0.4) is 0 Å². The molecule has 4 bridgehead atoms. The van der Waals surface area contributed by atoms with Crippen LogP contribution in [0.2, 0.25) is 0 Å². The standard InChI is InChI=1S/C29H32FN3O7/c1-14-15-8-9-19-27-13-39-29(38,23(36)21(27)26(2,3)11-10-20(27)34)28(19,22(14)35)24(15)40-25(37)17-12-33(32-31-17)18-7-5-4-6-16(18)30/h4-7,12,15,19-21,23-24,34,36,38H,1,8-11,13H2,2-3H3/t15-,19-,20-,21+,23-,24+,27+,28-,29+/m0/s1. The number of aromatic nitrogens is 3. The summed E-state index contributed by atoms with van der Waals surface area (Å²) in [5.41, 5.74) is -3.27. The molecule has 3 N–H and O–H groups in total. The van der Waals surface area contributed by atoms with E-state index in [0.717, 1.165) is 4.68 Å². The van der Waals surface area contributed by atoms with E-state index < -0.39 is 75.7 Å². The number of nitrogens with zero attached hydrogens (tertiary/aromatic N) is 3. The first-order valence-corrected chi connectivity index (χ1v) is 13.8. The van der Waals surface area contributed by atoms with Crippen molar-refractivity contribution in [3.8, 4) is 5.69 Å². The van der Waals surface area contributed by atoms with E-state index in [1.54, 1.807) is 6.07 Å². The van der Waals surface area contributed by atoms with Crippen molar-refractivity contribution in [3.63, 3.8) is 0 Å². The molecule has 212 valence electrons. The minimum Gasteiger partial charge on any atom is -0.456 e. The summed E-state index contributed by atoms with van der Waals surface area (Å²) in [6, 6.07) is 5.87. The Morgan fingerprint density at radius 1 is 1.23 bits per heavy atom. The minimum absolute atomic E-state index is 0.0235. The molecule has 4 aliphatic carbocycles. The molecule has 2 saturated heterocycles. The van der Waals surface area contributed by atoms with Crippen molar-refractivity contribution >= 4 is 11.8 Å². The molecule has 1 aromatic heterocycles. The predicted octanol–water partition coefficient (Wildman–Crippen LogP) is 1.96. The van der Waals surface area contributed by atoms with Gasteiger partial charge in [0.25, 0.3) is 0 Å². The average molecular weight is 554 g/mol. The topological polar surface area (TPSA) is 144 Å². The number of ketones is 1. The molecule has 3 heterocycles. The molecule has 2 aromatic rings. The van der Waals surface area contributed by atoms with Gasteiger partial charge in [0.15, 0.2) is 11.5 Å². The van der Waals surface area contributed by atoms with E-state index in [-0.39, 0.29) is 23.6 Å². The number of halogens is 1. The van der Waals surface area contributed by atoms with Gasteiger partial charge in [0.1, 0.15) is 29.1 Å².